The number of nitrogens with two attached hydrogens (primary N) is 1. The van der Waals surface area contributed by atoms with Crippen molar-refractivity contribution in [2.24, 2.45) is 12.8 Å². The topological polar surface area (TPSA) is 141 Å². The van der Waals surface area contributed by atoms with Gasteiger partial charge < -0.3 is 19.3 Å². The normalized spacial score (nSPS) is 27.7. The number of aryl methyl sites for hydroxylation is 1. The lowest BCUT2D eigenvalue weighted by Gasteiger charge is -2.43. The smallest absolute Gasteiger partial charge is 0.332 e. The molecule has 0 saturated carbocycles. The number of aromatic nitrogens is 2. The van der Waals surface area contributed by atoms with Crippen LogP contribution in [0, 0.1) is 6.92 Å². The highest BCUT2D eigenvalue weighted by Crippen LogP contribution is 2.54. The van der Waals surface area contributed by atoms with E-state index in [-0.39, 0.29) is 25.3 Å². The maximum Gasteiger partial charge on any atom is 0.332 e. The predicted molar refractivity (Wildman–Crippen MR) is 168 cm³/mol. The zero-order valence-electron chi connectivity index (χ0n) is 25.5. The van der Waals surface area contributed by atoms with E-state index in [9.17, 15) is 18.0 Å². The molecule has 40 heavy (non-hydrogen) atoms. The molecule has 2 aliphatic heterocycles. The molecule has 0 bridgehead atoms. The van der Waals surface area contributed by atoms with E-state index >= 15 is 0 Å². The molecule has 1 aromatic rings. The van der Waals surface area contributed by atoms with Gasteiger partial charge in [-0.3, -0.25) is 13.9 Å². The minimum absolute atomic E-state index is 0.0377. The summed E-state index contributed by atoms with van der Waals surface area (Å²) < 4.78 is 54.4. The van der Waals surface area contributed by atoms with Crippen LogP contribution in [0.15, 0.2) is 24.4 Å². The Morgan fingerprint density at radius 2 is 1.60 bits per heavy atom. The molecule has 3 heterocycles. The van der Waals surface area contributed by atoms with Crippen LogP contribution in [0.5, 0.6) is 0 Å². The van der Waals surface area contributed by atoms with Crippen molar-refractivity contribution >= 4 is 49.3 Å². The molecule has 0 radical (unpaired) electrons. The van der Waals surface area contributed by atoms with Gasteiger partial charge in [-0.05, 0) is 65.8 Å². The van der Waals surface area contributed by atoms with E-state index in [1.165, 1.54) is 17.8 Å². The van der Waals surface area contributed by atoms with E-state index < -0.39 is 62.0 Å². The molecule has 1 aromatic heterocycles. The van der Waals surface area contributed by atoms with Crippen LogP contribution < -0.4 is 17.0 Å². The molecule has 0 amide bonds. The van der Waals surface area contributed by atoms with E-state index in [4.69, 9.17) is 23.5 Å². The molecule has 1 fully saturated rings. The van der Waals surface area contributed by atoms with Gasteiger partial charge in [0.15, 0.2) is 31.4 Å². The third kappa shape index (κ3) is 5.48. The van der Waals surface area contributed by atoms with Crippen LogP contribution in [0.3, 0.4) is 0 Å². The van der Waals surface area contributed by atoms with Crippen LogP contribution in [0.4, 0.5) is 0 Å². The van der Waals surface area contributed by atoms with Crippen molar-refractivity contribution < 1.29 is 26.2 Å². The minimum atomic E-state index is -4.23. The molecule has 3 rings (SSSR count). The summed E-state index contributed by atoms with van der Waals surface area (Å²) >= 11 is 1.67. The van der Waals surface area contributed by atoms with Gasteiger partial charge in [0.1, 0.15) is 12.2 Å². The lowest BCUT2D eigenvalue weighted by atomic mass is 9.89. The van der Waals surface area contributed by atoms with Crippen LogP contribution in [0.2, 0.25) is 36.3 Å². The summed E-state index contributed by atoms with van der Waals surface area (Å²) in [5, 5.41) is -0.429. The minimum Gasteiger partial charge on any atom is -0.414 e. The van der Waals surface area contributed by atoms with E-state index in [1.807, 2.05) is 33.9 Å². The fourth-order valence-corrected chi connectivity index (χ4v) is 8.38. The van der Waals surface area contributed by atoms with E-state index in [2.05, 4.69) is 33.9 Å². The monoisotopic (exact) mass is 729 g/mol. The fraction of sp³-hybridized carbons (Fsp3) is 0.760. The number of ether oxygens (including phenoxy) is 1. The Labute approximate surface area is 252 Å². The van der Waals surface area contributed by atoms with Gasteiger partial charge >= 0.3 is 15.8 Å². The van der Waals surface area contributed by atoms with Crippen LogP contribution in [0.25, 0.3) is 0 Å². The molecular weight excluding hydrogens is 685 g/mol. The summed E-state index contributed by atoms with van der Waals surface area (Å²) in [5.41, 5.74) is 4.02. The van der Waals surface area contributed by atoms with Gasteiger partial charge in [-0.2, -0.15) is 8.42 Å². The quantitative estimate of drug-likeness (QED) is 0.263. The van der Waals surface area contributed by atoms with Crippen molar-refractivity contribution in [1.29, 1.82) is 0 Å². The summed E-state index contributed by atoms with van der Waals surface area (Å²) in [6.07, 6.45) is -1.92. The summed E-state index contributed by atoms with van der Waals surface area (Å²) in [6, 6.07) is 0. The zero-order valence-corrected chi connectivity index (χ0v) is 30.5. The fourth-order valence-electron chi connectivity index (χ4n) is 4.26. The first kappa shape index (κ1) is 33.7. The predicted octanol–water partition coefficient (Wildman–Crippen LogP) is 3.83. The van der Waals surface area contributed by atoms with Crippen molar-refractivity contribution in [1.82, 2.24) is 9.13 Å². The Morgan fingerprint density at radius 3 is 2.05 bits per heavy atom. The van der Waals surface area contributed by atoms with Gasteiger partial charge in [0, 0.05) is 18.8 Å². The standard InChI is InChI=1S/C25H44IN3O8SSi2/c1-15-13-29(22(31)28(8)20(15)30)21-18(36-40(11,12)24(5,6)7)25(17(27)19(26)38(32,33)37-25)16(35-21)14-34-39(9,10)23(2,3)4/h13,16,18,21H,14,27H2,1-12H3/t16?,18-,21+,25?/m0/s1. The molecular formula is C25H44IN3O8SSi2. The van der Waals surface area contributed by atoms with Crippen LogP contribution in [0.1, 0.15) is 53.3 Å². The van der Waals surface area contributed by atoms with E-state index in [0.29, 0.717) is 5.56 Å². The average Bonchev–Trinajstić information content (AvgIpc) is 3.17. The van der Waals surface area contributed by atoms with Crippen LogP contribution in [-0.4, -0.2) is 58.6 Å². The van der Waals surface area contributed by atoms with Crippen molar-refractivity contribution in [3.8, 4) is 0 Å². The van der Waals surface area contributed by atoms with E-state index in [1.54, 1.807) is 29.5 Å². The third-order valence-corrected chi connectivity index (χ3v) is 21.3. The second-order valence-corrected chi connectivity index (χ2v) is 26.6. The number of hydrogen-bond acceptors (Lipinski definition) is 9. The zero-order chi connectivity index (χ0) is 31.0. The highest BCUT2D eigenvalue weighted by Gasteiger charge is 2.69. The lowest BCUT2D eigenvalue weighted by Crippen LogP contribution is -2.59. The first-order chi connectivity index (χ1) is 17.8. The molecule has 2 unspecified atom stereocenters. The Balaban J connectivity index is 2.32. The molecule has 1 saturated heterocycles. The van der Waals surface area contributed by atoms with Gasteiger partial charge in [0.05, 0.1) is 12.3 Å². The number of rotatable bonds is 6. The maximum absolute atomic E-state index is 13.4. The molecule has 228 valence electrons. The molecule has 0 aromatic carbocycles. The number of halogens is 1. The molecule has 15 heteroatoms. The molecule has 2 aliphatic rings. The summed E-state index contributed by atoms with van der Waals surface area (Å²) in [7, 11) is -7.85. The van der Waals surface area contributed by atoms with Gasteiger partial charge in [-0.1, -0.05) is 41.5 Å². The largest absolute Gasteiger partial charge is 0.414 e. The van der Waals surface area contributed by atoms with Crippen molar-refractivity contribution in [2.75, 3.05) is 6.61 Å². The van der Waals surface area contributed by atoms with Crippen molar-refractivity contribution in [3.63, 3.8) is 0 Å². The molecule has 11 nitrogen and oxygen atoms in total. The Kier molecular flexibility index (Phi) is 8.77. The summed E-state index contributed by atoms with van der Waals surface area (Å²) in [4.78, 5) is 26.0. The first-order valence-electron chi connectivity index (χ1n) is 13.2. The SMILES string of the molecule is Cc1cn([C@@H]2OC(CO[Si](C)(C)C(C)(C)C)C3(OS(=O)(=O)C(I)=C3N)[C@H]2O[Si](C)(C)C(C)(C)C)c(=O)n(C)c1=O. The highest BCUT2D eigenvalue weighted by molar-refractivity contribution is 14.1. The second kappa shape index (κ2) is 10.4. The maximum atomic E-state index is 13.4. The lowest BCUT2D eigenvalue weighted by molar-refractivity contribution is -0.0566. The molecule has 2 N–H and O–H groups in total. The van der Waals surface area contributed by atoms with Crippen LogP contribution >= 0.6 is 22.6 Å². The number of nitrogens with zero attached hydrogens (tertiary/aromatic N) is 2. The number of hydrogen-bond donors (Lipinski definition) is 1. The Morgan fingerprint density at radius 1 is 1.07 bits per heavy atom. The van der Waals surface area contributed by atoms with Gasteiger partial charge in [-0.25, -0.2) is 8.98 Å². The first-order valence-corrected chi connectivity index (χ1v) is 21.5. The molecule has 4 atom stereocenters. The van der Waals surface area contributed by atoms with Gasteiger partial charge in [0.25, 0.3) is 5.56 Å². The second-order valence-electron chi connectivity index (χ2n) is 13.8. The molecule has 1 spiro atoms. The van der Waals surface area contributed by atoms with Gasteiger partial charge in [-0.15, -0.1) is 0 Å². The Hall–Kier alpha value is -0.826. The molecule has 0 aliphatic carbocycles. The van der Waals surface area contributed by atoms with Crippen molar-refractivity contribution in [2.45, 2.75) is 109 Å². The highest BCUT2D eigenvalue weighted by atomic mass is 127. The van der Waals surface area contributed by atoms with Crippen LogP contribution in [-0.2, 0) is 34.9 Å². The Bertz CT molecular complexity index is 1440. The van der Waals surface area contributed by atoms with Gasteiger partial charge in [0.2, 0.25) is 0 Å². The summed E-state index contributed by atoms with van der Waals surface area (Å²) in [6.45, 7) is 22.2. The summed E-state index contributed by atoms with van der Waals surface area (Å²) in [5.74, 6) is 0. The third-order valence-electron chi connectivity index (χ3n) is 8.95. The van der Waals surface area contributed by atoms with E-state index in [0.717, 1.165) is 4.57 Å². The average molecular weight is 730 g/mol. The van der Waals surface area contributed by atoms with Crippen molar-refractivity contribution in [3.05, 3.63) is 41.2 Å².